The molecule has 2 heterocycles. The monoisotopic (exact) mass is 291 g/mol. The molecule has 0 aromatic heterocycles. The van der Waals surface area contributed by atoms with Gasteiger partial charge in [0.2, 0.25) is 0 Å². The standard InChI is InChI=1S/C13H25NO6/c1-9-10(20-13(17)12(16)11(9)15)8-19-7-4-14-2-5-18-6-3-14/h9-13,15-17H,2-8H2,1H3. The third kappa shape index (κ3) is 4.11. The van der Waals surface area contributed by atoms with E-state index in [2.05, 4.69) is 4.90 Å². The van der Waals surface area contributed by atoms with Crippen molar-refractivity contribution in [3.63, 3.8) is 0 Å². The van der Waals surface area contributed by atoms with Gasteiger partial charge in [-0.1, -0.05) is 6.92 Å². The van der Waals surface area contributed by atoms with Gasteiger partial charge in [0.1, 0.15) is 6.10 Å². The van der Waals surface area contributed by atoms with E-state index in [9.17, 15) is 15.3 Å². The molecule has 0 bridgehead atoms. The summed E-state index contributed by atoms with van der Waals surface area (Å²) >= 11 is 0. The van der Waals surface area contributed by atoms with E-state index in [1.54, 1.807) is 6.92 Å². The molecular formula is C13H25NO6. The summed E-state index contributed by atoms with van der Waals surface area (Å²) in [5.74, 6) is -0.281. The highest BCUT2D eigenvalue weighted by Gasteiger charge is 2.41. The number of hydrogen-bond donors (Lipinski definition) is 3. The first-order chi connectivity index (χ1) is 9.59. The lowest BCUT2D eigenvalue weighted by Gasteiger charge is -2.39. The summed E-state index contributed by atoms with van der Waals surface area (Å²) in [5, 5.41) is 28.8. The largest absolute Gasteiger partial charge is 0.390 e. The van der Waals surface area contributed by atoms with Gasteiger partial charge in [-0.05, 0) is 0 Å². The van der Waals surface area contributed by atoms with Crippen molar-refractivity contribution in [2.75, 3.05) is 46.1 Å². The molecule has 2 saturated heterocycles. The fraction of sp³-hybridized carbons (Fsp3) is 1.00. The molecule has 0 aromatic rings. The molecule has 0 amide bonds. The molecule has 20 heavy (non-hydrogen) atoms. The molecule has 5 unspecified atom stereocenters. The van der Waals surface area contributed by atoms with Crippen molar-refractivity contribution in [2.45, 2.75) is 31.5 Å². The lowest BCUT2D eigenvalue weighted by Crippen LogP contribution is -2.54. The summed E-state index contributed by atoms with van der Waals surface area (Å²) in [4.78, 5) is 2.27. The molecule has 2 aliphatic heterocycles. The Labute approximate surface area is 119 Å². The molecule has 0 spiro atoms. The molecule has 5 atom stereocenters. The van der Waals surface area contributed by atoms with Crippen molar-refractivity contribution in [1.29, 1.82) is 0 Å². The number of rotatable bonds is 5. The maximum atomic E-state index is 9.78. The van der Waals surface area contributed by atoms with E-state index in [0.29, 0.717) is 13.2 Å². The average Bonchev–Trinajstić information content (AvgIpc) is 2.47. The maximum absolute atomic E-state index is 9.78. The van der Waals surface area contributed by atoms with Gasteiger partial charge < -0.3 is 29.5 Å². The van der Waals surface area contributed by atoms with Gasteiger partial charge in [-0.3, -0.25) is 4.90 Å². The molecule has 2 fully saturated rings. The second kappa shape index (κ2) is 7.65. The third-order valence-electron chi connectivity index (χ3n) is 4.02. The Balaban J connectivity index is 1.65. The van der Waals surface area contributed by atoms with Gasteiger partial charge in [-0.25, -0.2) is 0 Å². The van der Waals surface area contributed by atoms with Crippen LogP contribution < -0.4 is 0 Å². The topological polar surface area (TPSA) is 91.6 Å². The Morgan fingerprint density at radius 3 is 2.55 bits per heavy atom. The first kappa shape index (κ1) is 16.1. The van der Waals surface area contributed by atoms with Crippen molar-refractivity contribution in [3.05, 3.63) is 0 Å². The van der Waals surface area contributed by atoms with Gasteiger partial charge in [0.05, 0.1) is 38.6 Å². The van der Waals surface area contributed by atoms with Crippen molar-refractivity contribution in [1.82, 2.24) is 4.90 Å². The first-order valence-electron chi connectivity index (χ1n) is 7.17. The second-order valence-electron chi connectivity index (χ2n) is 5.43. The number of aliphatic hydroxyl groups excluding tert-OH is 3. The minimum Gasteiger partial charge on any atom is -0.390 e. The molecule has 0 saturated carbocycles. The number of nitrogens with zero attached hydrogens (tertiary/aromatic N) is 1. The molecular weight excluding hydrogens is 266 g/mol. The van der Waals surface area contributed by atoms with Gasteiger partial charge >= 0.3 is 0 Å². The zero-order valence-electron chi connectivity index (χ0n) is 11.9. The van der Waals surface area contributed by atoms with E-state index in [1.807, 2.05) is 0 Å². The Bertz CT molecular complexity index is 286. The fourth-order valence-electron chi connectivity index (χ4n) is 2.49. The molecule has 0 radical (unpaired) electrons. The summed E-state index contributed by atoms with van der Waals surface area (Å²) in [7, 11) is 0. The van der Waals surface area contributed by atoms with Crippen LogP contribution in [0.15, 0.2) is 0 Å². The molecule has 3 N–H and O–H groups in total. The van der Waals surface area contributed by atoms with Crippen molar-refractivity contribution in [2.24, 2.45) is 5.92 Å². The SMILES string of the molecule is CC1C(COCCN2CCOCC2)OC(O)C(O)C1O. The highest BCUT2D eigenvalue weighted by molar-refractivity contribution is 4.86. The van der Waals surface area contributed by atoms with Crippen molar-refractivity contribution in [3.8, 4) is 0 Å². The predicted molar refractivity (Wildman–Crippen MR) is 70.1 cm³/mol. The lowest BCUT2D eigenvalue weighted by molar-refractivity contribution is -0.273. The fourth-order valence-corrected chi connectivity index (χ4v) is 2.49. The Morgan fingerprint density at radius 1 is 1.15 bits per heavy atom. The number of hydrogen-bond acceptors (Lipinski definition) is 7. The zero-order chi connectivity index (χ0) is 14.5. The third-order valence-corrected chi connectivity index (χ3v) is 4.02. The maximum Gasteiger partial charge on any atom is 0.183 e. The first-order valence-corrected chi connectivity index (χ1v) is 7.17. The van der Waals surface area contributed by atoms with Crippen LogP contribution in [0.1, 0.15) is 6.92 Å². The highest BCUT2D eigenvalue weighted by Crippen LogP contribution is 2.24. The average molecular weight is 291 g/mol. The summed E-state index contributed by atoms with van der Waals surface area (Å²) in [5.41, 5.74) is 0. The normalized spacial score (nSPS) is 39.9. The summed E-state index contributed by atoms with van der Waals surface area (Å²) < 4.78 is 16.1. The summed E-state index contributed by atoms with van der Waals surface area (Å²) in [6.07, 6.45) is -4.01. The van der Waals surface area contributed by atoms with Crippen molar-refractivity contribution < 1.29 is 29.5 Å². The zero-order valence-corrected chi connectivity index (χ0v) is 11.9. The van der Waals surface area contributed by atoms with Crippen LogP contribution >= 0.6 is 0 Å². The lowest BCUT2D eigenvalue weighted by atomic mass is 9.91. The van der Waals surface area contributed by atoms with Crippen LogP contribution in [-0.4, -0.2) is 90.9 Å². The Kier molecular flexibility index (Phi) is 6.16. The van der Waals surface area contributed by atoms with E-state index in [0.717, 1.165) is 32.8 Å². The number of morpholine rings is 1. The van der Waals surface area contributed by atoms with E-state index < -0.39 is 24.6 Å². The minimum absolute atomic E-state index is 0.281. The Morgan fingerprint density at radius 2 is 1.85 bits per heavy atom. The van der Waals surface area contributed by atoms with Crippen LogP contribution in [0, 0.1) is 5.92 Å². The van der Waals surface area contributed by atoms with Gasteiger partial charge in [0, 0.05) is 25.6 Å². The number of aliphatic hydroxyl groups is 3. The molecule has 7 nitrogen and oxygen atoms in total. The van der Waals surface area contributed by atoms with E-state index in [1.165, 1.54) is 0 Å². The highest BCUT2D eigenvalue weighted by atomic mass is 16.6. The van der Waals surface area contributed by atoms with Gasteiger partial charge in [-0.2, -0.15) is 0 Å². The van der Waals surface area contributed by atoms with Crippen LogP contribution in [-0.2, 0) is 14.2 Å². The molecule has 2 rings (SSSR count). The van der Waals surface area contributed by atoms with Crippen LogP contribution in [0.4, 0.5) is 0 Å². The van der Waals surface area contributed by atoms with E-state index in [-0.39, 0.29) is 5.92 Å². The van der Waals surface area contributed by atoms with Gasteiger partial charge in [0.15, 0.2) is 6.29 Å². The predicted octanol–water partition coefficient (Wildman–Crippen LogP) is -1.59. The van der Waals surface area contributed by atoms with E-state index >= 15 is 0 Å². The summed E-state index contributed by atoms with van der Waals surface area (Å²) in [6, 6.07) is 0. The quantitative estimate of drug-likeness (QED) is 0.526. The molecule has 0 aromatic carbocycles. The smallest absolute Gasteiger partial charge is 0.183 e. The second-order valence-corrected chi connectivity index (χ2v) is 5.43. The van der Waals surface area contributed by atoms with Crippen molar-refractivity contribution >= 4 is 0 Å². The van der Waals surface area contributed by atoms with Crippen LogP contribution in [0.25, 0.3) is 0 Å². The van der Waals surface area contributed by atoms with Crippen LogP contribution in [0.2, 0.25) is 0 Å². The molecule has 0 aliphatic carbocycles. The Hall–Kier alpha value is -0.280. The van der Waals surface area contributed by atoms with Gasteiger partial charge in [0.25, 0.3) is 0 Å². The van der Waals surface area contributed by atoms with Crippen LogP contribution in [0.5, 0.6) is 0 Å². The molecule has 118 valence electrons. The number of ether oxygens (including phenoxy) is 3. The molecule has 7 heteroatoms. The molecule has 2 aliphatic rings. The summed E-state index contributed by atoms with van der Waals surface area (Å²) in [6.45, 7) is 6.84. The minimum atomic E-state index is -1.35. The van der Waals surface area contributed by atoms with Gasteiger partial charge in [-0.15, -0.1) is 0 Å². The van der Waals surface area contributed by atoms with E-state index in [4.69, 9.17) is 14.2 Å². The van der Waals surface area contributed by atoms with Crippen LogP contribution in [0.3, 0.4) is 0 Å².